The van der Waals surface area contributed by atoms with Gasteiger partial charge in [-0.3, -0.25) is 4.79 Å². The van der Waals surface area contributed by atoms with E-state index in [0.29, 0.717) is 12.8 Å². The van der Waals surface area contributed by atoms with Crippen molar-refractivity contribution in [1.29, 1.82) is 0 Å². The number of nitrogens with one attached hydrogen (secondary N) is 1. The van der Waals surface area contributed by atoms with Gasteiger partial charge in [0, 0.05) is 12.6 Å². The molecule has 4 N–H and O–H groups in total. The summed E-state index contributed by atoms with van der Waals surface area (Å²) in [6.07, 6.45) is 1.12. The molecule has 2 rings (SSSR count). The largest absolute Gasteiger partial charge is 0.379 e. The van der Waals surface area contributed by atoms with E-state index in [2.05, 4.69) is 5.32 Å². The summed E-state index contributed by atoms with van der Waals surface area (Å²) in [5.74, 6) is -0.647. The SMILES string of the molecule is NC(=O)C1(O)CCC(c2ccccc2)NC1. The molecule has 0 saturated carbocycles. The Kier molecular flexibility index (Phi) is 2.94. The van der Waals surface area contributed by atoms with Crippen molar-refractivity contribution in [1.82, 2.24) is 5.32 Å². The maximum atomic E-state index is 11.1. The fourth-order valence-corrected chi connectivity index (χ4v) is 2.05. The van der Waals surface area contributed by atoms with Crippen molar-refractivity contribution in [3.05, 3.63) is 35.9 Å². The minimum atomic E-state index is -1.38. The van der Waals surface area contributed by atoms with Crippen molar-refractivity contribution in [2.75, 3.05) is 6.54 Å². The molecule has 86 valence electrons. The average molecular weight is 220 g/mol. The molecule has 4 nitrogen and oxygen atoms in total. The van der Waals surface area contributed by atoms with E-state index in [1.807, 2.05) is 30.3 Å². The van der Waals surface area contributed by atoms with E-state index >= 15 is 0 Å². The molecular formula is C12H16N2O2. The maximum absolute atomic E-state index is 11.1. The lowest BCUT2D eigenvalue weighted by Gasteiger charge is -2.34. The van der Waals surface area contributed by atoms with Crippen LogP contribution >= 0.6 is 0 Å². The van der Waals surface area contributed by atoms with Gasteiger partial charge in [0.05, 0.1) is 0 Å². The molecule has 1 fully saturated rings. The summed E-state index contributed by atoms with van der Waals surface area (Å²) in [7, 11) is 0. The number of carbonyl (C=O) groups excluding carboxylic acids is 1. The molecule has 1 aliphatic heterocycles. The van der Waals surface area contributed by atoms with E-state index in [-0.39, 0.29) is 12.6 Å². The molecule has 1 aliphatic rings. The quantitative estimate of drug-likeness (QED) is 0.672. The third-order valence-electron chi connectivity index (χ3n) is 3.15. The van der Waals surface area contributed by atoms with Crippen LogP contribution in [0.25, 0.3) is 0 Å². The lowest BCUT2D eigenvalue weighted by Crippen LogP contribution is -2.55. The van der Waals surface area contributed by atoms with Crippen LogP contribution in [-0.4, -0.2) is 23.2 Å². The molecule has 1 amide bonds. The number of β-amino-alcohol motifs (C(OH)–C–C–N with tert-alkyl or cyclic N) is 1. The smallest absolute Gasteiger partial charge is 0.250 e. The van der Waals surface area contributed by atoms with Crippen LogP contribution in [0, 0.1) is 0 Å². The van der Waals surface area contributed by atoms with Gasteiger partial charge in [-0.15, -0.1) is 0 Å². The molecule has 1 aromatic carbocycles. The van der Waals surface area contributed by atoms with Crippen LogP contribution in [0.4, 0.5) is 0 Å². The van der Waals surface area contributed by atoms with E-state index in [1.54, 1.807) is 0 Å². The third kappa shape index (κ3) is 2.08. The van der Waals surface area contributed by atoms with Gasteiger partial charge in [-0.05, 0) is 18.4 Å². The van der Waals surface area contributed by atoms with Crippen molar-refractivity contribution in [2.45, 2.75) is 24.5 Å². The number of primary amides is 1. The first-order valence-electron chi connectivity index (χ1n) is 5.42. The first-order valence-corrected chi connectivity index (χ1v) is 5.42. The Morgan fingerprint density at radius 2 is 2.12 bits per heavy atom. The van der Waals surface area contributed by atoms with E-state index in [0.717, 1.165) is 0 Å². The summed E-state index contributed by atoms with van der Waals surface area (Å²) in [5.41, 5.74) is 4.95. The zero-order valence-electron chi connectivity index (χ0n) is 9.02. The predicted octanol–water partition coefficient (Wildman–Crippen LogP) is 0.327. The number of amides is 1. The van der Waals surface area contributed by atoms with Gasteiger partial charge in [0.25, 0.3) is 5.91 Å². The van der Waals surface area contributed by atoms with Crippen LogP contribution < -0.4 is 11.1 Å². The molecule has 0 bridgehead atoms. The Morgan fingerprint density at radius 3 is 2.62 bits per heavy atom. The van der Waals surface area contributed by atoms with Crippen molar-refractivity contribution >= 4 is 5.91 Å². The highest BCUT2D eigenvalue weighted by molar-refractivity contribution is 5.83. The number of hydrogen-bond donors (Lipinski definition) is 3. The summed E-state index contributed by atoms with van der Waals surface area (Å²) in [5, 5.41) is 13.0. The van der Waals surface area contributed by atoms with E-state index in [4.69, 9.17) is 5.73 Å². The van der Waals surface area contributed by atoms with Gasteiger partial charge in [-0.1, -0.05) is 30.3 Å². The highest BCUT2D eigenvalue weighted by atomic mass is 16.3. The molecule has 0 spiro atoms. The molecule has 1 aromatic rings. The molecule has 0 aromatic heterocycles. The molecule has 4 heteroatoms. The van der Waals surface area contributed by atoms with Crippen LogP contribution in [0.3, 0.4) is 0 Å². The Balaban J connectivity index is 2.03. The predicted molar refractivity (Wildman–Crippen MR) is 60.6 cm³/mol. The van der Waals surface area contributed by atoms with Gasteiger partial charge in [0.15, 0.2) is 5.60 Å². The monoisotopic (exact) mass is 220 g/mol. The van der Waals surface area contributed by atoms with Crippen molar-refractivity contribution < 1.29 is 9.90 Å². The Morgan fingerprint density at radius 1 is 1.44 bits per heavy atom. The van der Waals surface area contributed by atoms with Crippen LogP contribution in [-0.2, 0) is 4.79 Å². The standard InChI is InChI=1S/C12H16N2O2/c13-11(15)12(16)7-6-10(14-8-12)9-4-2-1-3-5-9/h1-5,10,14,16H,6-8H2,(H2,13,15). The molecular weight excluding hydrogens is 204 g/mol. The fourth-order valence-electron chi connectivity index (χ4n) is 2.05. The van der Waals surface area contributed by atoms with Crippen LogP contribution in [0.1, 0.15) is 24.4 Å². The summed E-state index contributed by atoms with van der Waals surface area (Å²) in [4.78, 5) is 11.1. The minimum absolute atomic E-state index is 0.195. The number of aliphatic hydroxyl groups is 1. The van der Waals surface area contributed by atoms with Gasteiger partial charge in [-0.25, -0.2) is 0 Å². The third-order valence-corrected chi connectivity index (χ3v) is 3.15. The van der Waals surface area contributed by atoms with Gasteiger partial charge in [0.1, 0.15) is 0 Å². The van der Waals surface area contributed by atoms with E-state index in [1.165, 1.54) is 5.56 Å². The molecule has 0 radical (unpaired) electrons. The highest BCUT2D eigenvalue weighted by Crippen LogP contribution is 2.27. The molecule has 16 heavy (non-hydrogen) atoms. The number of rotatable bonds is 2. The Hall–Kier alpha value is -1.39. The average Bonchev–Trinajstić information content (AvgIpc) is 2.31. The summed E-state index contributed by atoms with van der Waals surface area (Å²) >= 11 is 0. The normalized spacial score (nSPS) is 29.9. The second-order valence-electron chi connectivity index (χ2n) is 4.28. The molecule has 1 saturated heterocycles. The topological polar surface area (TPSA) is 75.4 Å². The first-order chi connectivity index (χ1) is 7.62. The number of piperidine rings is 1. The zero-order chi connectivity index (χ0) is 11.6. The van der Waals surface area contributed by atoms with Gasteiger partial charge in [0.2, 0.25) is 0 Å². The lowest BCUT2D eigenvalue weighted by molar-refractivity contribution is -0.138. The van der Waals surface area contributed by atoms with Crippen LogP contribution in [0.2, 0.25) is 0 Å². The first kappa shape index (κ1) is 11.1. The summed E-state index contributed by atoms with van der Waals surface area (Å²) < 4.78 is 0. The van der Waals surface area contributed by atoms with Gasteiger partial charge in [-0.2, -0.15) is 0 Å². The second kappa shape index (κ2) is 4.23. The van der Waals surface area contributed by atoms with E-state index < -0.39 is 11.5 Å². The minimum Gasteiger partial charge on any atom is -0.379 e. The molecule has 2 atom stereocenters. The van der Waals surface area contributed by atoms with Crippen LogP contribution in [0.5, 0.6) is 0 Å². The van der Waals surface area contributed by atoms with Gasteiger partial charge < -0.3 is 16.2 Å². The Labute approximate surface area is 94.5 Å². The number of nitrogens with two attached hydrogens (primary N) is 1. The number of benzene rings is 1. The number of carbonyl (C=O) groups is 1. The second-order valence-corrected chi connectivity index (χ2v) is 4.28. The van der Waals surface area contributed by atoms with Crippen molar-refractivity contribution in [3.8, 4) is 0 Å². The summed E-state index contributed by atoms with van der Waals surface area (Å²) in [6.45, 7) is 0.224. The van der Waals surface area contributed by atoms with Crippen molar-refractivity contribution in [3.63, 3.8) is 0 Å². The zero-order valence-corrected chi connectivity index (χ0v) is 9.02. The van der Waals surface area contributed by atoms with Crippen molar-refractivity contribution in [2.24, 2.45) is 5.73 Å². The lowest BCUT2D eigenvalue weighted by atomic mass is 9.87. The molecule has 0 aliphatic carbocycles. The maximum Gasteiger partial charge on any atom is 0.250 e. The number of hydrogen-bond acceptors (Lipinski definition) is 3. The summed E-state index contributed by atoms with van der Waals surface area (Å²) in [6, 6.07) is 10.2. The highest BCUT2D eigenvalue weighted by Gasteiger charge is 2.38. The molecule has 2 unspecified atom stereocenters. The Bertz CT molecular complexity index is 370. The van der Waals surface area contributed by atoms with Gasteiger partial charge >= 0.3 is 0 Å². The fraction of sp³-hybridized carbons (Fsp3) is 0.417. The van der Waals surface area contributed by atoms with Crippen LogP contribution in [0.15, 0.2) is 30.3 Å². The van der Waals surface area contributed by atoms with E-state index in [9.17, 15) is 9.90 Å². The molecule has 1 heterocycles.